The van der Waals surface area contributed by atoms with Crippen LogP contribution in [0.2, 0.25) is 5.02 Å². The van der Waals surface area contributed by atoms with Crippen LogP contribution in [0, 0.1) is 11.3 Å². The Hall–Kier alpha value is -3.21. The normalized spacial score (nSPS) is 14.0. The van der Waals surface area contributed by atoms with Crippen molar-refractivity contribution in [3.63, 3.8) is 0 Å². The summed E-state index contributed by atoms with van der Waals surface area (Å²) in [5.74, 6) is 0.601. The second kappa shape index (κ2) is 10.7. The number of nitriles is 1. The van der Waals surface area contributed by atoms with E-state index in [4.69, 9.17) is 25.8 Å². The highest BCUT2D eigenvalue weighted by Crippen LogP contribution is 2.31. The molecule has 0 spiro atoms. The van der Waals surface area contributed by atoms with Gasteiger partial charge in [0.1, 0.15) is 11.6 Å². The van der Waals surface area contributed by atoms with Gasteiger partial charge in [-0.05, 0) is 48.9 Å². The fraction of sp³-hybridized carbons (Fsp3) is 0.304. The molecule has 1 aliphatic rings. The first-order valence-electron chi connectivity index (χ1n) is 9.92. The molecule has 2 aromatic rings. The van der Waals surface area contributed by atoms with E-state index in [0.717, 1.165) is 5.69 Å². The predicted octanol–water partition coefficient (Wildman–Crippen LogP) is 4.13. The van der Waals surface area contributed by atoms with E-state index in [1.54, 1.807) is 30.3 Å². The van der Waals surface area contributed by atoms with Gasteiger partial charge in [-0.3, -0.25) is 4.79 Å². The lowest BCUT2D eigenvalue weighted by Gasteiger charge is -2.30. The second-order valence-corrected chi connectivity index (χ2v) is 7.16. The lowest BCUT2D eigenvalue weighted by atomic mass is 10.1. The van der Waals surface area contributed by atoms with Gasteiger partial charge in [0.05, 0.1) is 38.3 Å². The Morgan fingerprint density at radius 1 is 1.26 bits per heavy atom. The minimum atomic E-state index is -0.521. The van der Waals surface area contributed by atoms with Gasteiger partial charge in [-0.2, -0.15) is 5.26 Å². The minimum absolute atomic E-state index is 0.0425. The molecule has 7 nitrogen and oxygen atoms in total. The Balaban J connectivity index is 1.85. The molecule has 2 aromatic carbocycles. The first-order valence-corrected chi connectivity index (χ1v) is 10.3. The van der Waals surface area contributed by atoms with E-state index in [0.29, 0.717) is 60.7 Å². The molecule has 1 heterocycles. The number of benzene rings is 2. The summed E-state index contributed by atoms with van der Waals surface area (Å²) in [6.45, 7) is 5.02. The van der Waals surface area contributed by atoms with Crippen molar-refractivity contribution >= 4 is 35.0 Å². The molecule has 0 unspecified atom stereocenters. The quantitative estimate of drug-likeness (QED) is 0.513. The summed E-state index contributed by atoms with van der Waals surface area (Å²) in [7, 11) is 1.54. The van der Waals surface area contributed by atoms with Crippen LogP contribution in [0.15, 0.2) is 42.0 Å². The Morgan fingerprint density at radius 3 is 2.71 bits per heavy atom. The Kier molecular flexibility index (Phi) is 7.76. The fourth-order valence-electron chi connectivity index (χ4n) is 3.24. The molecule has 0 radical (unpaired) electrons. The number of morpholine rings is 1. The molecule has 31 heavy (non-hydrogen) atoms. The monoisotopic (exact) mass is 441 g/mol. The molecule has 0 aliphatic carbocycles. The third-order valence-corrected chi connectivity index (χ3v) is 4.96. The second-order valence-electron chi connectivity index (χ2n) is 6.73. The Labute approximate surface area is 186 Å². The summed E-state index contributed by atoms with van der Waals surface area (Å²) >= 11 is 6.16. The van der Waals surface area contributed by atoms with Crippen LogP contribution in [0.3, 0.4) is 0 Å². The SMILES string of the molecule is CCOc1ccc(/C=C(\C#N)C(=O)Nc2cc(Cl)ccc2N2CCOCC2)cc1OC. The molecule has 1 aliphatic heterocycles. The molecule has 1 N–H and O–H groups in total. The van der Waals surface area contributed by atoms with E-state index < -0.39 is 5.91 Å². The van der Waals surface area contributed by atoms with E-state index in [1.807, 2.05) is 19.1 Å². The van der Waals surface area contributed by atoms with E-state index >= 15 is 0 Å². The summed E-state index contributed by atoms with van der Waals surface area (Å²) in [4.78, 5) is 15.0. The highest BCUT2D eigenvalue weighted by molar-refractivity contribution is 6.31. The first kappa shape index (κ1) is 22.5. The average molecular weight is 442 g/mol. The van der Waals surface area contributed by atoms with Gasteiger partial charge in [0.15, 0.2) is 11.5 Å². The van der Waals surface area contributed by atoms with Gasteiger partial charge in [-0.15, -0.1) is 0 Å². The van der Waals surface area contributed by atoms with Crippen molar-refractivity contribution in [3.8, 4) is 17.6 Å². The maximum Gasteiger partial charge on any atom is 0.266 e. The van der Waals surface area contributed by atoms with Gasteiger partial charge < -0.3 is 24.4 Å². The van der Waals surface area contributed by atoms with Crippen molar-refractivity contribution < 1.29 is 19.0 Å². The molecular formula is C23H24ClN3O4. The molecule has 0 bridgehead atoms. The minimum Gasteiger partial charge on any atom is -0.493 e. The number of methoxy groups -OCH3 is 1. The molecular weight excluding hydrogens is 418 g/mol. The average Bonchev–Trinajstić information content (AvgIpc) is 2.79. The molecule has 0 saturated carbocycles. The summed E-state index contributed by atoms with van der Waals surface area (Å²) in [6.07, 6.45) is 1.51. The Morgan fingerprint density at radius 2 is 2.03 bits per heavy atom. The van der Waals surface area contributed by atoms with Crippen LogP contribution in [-0.4, -0.2) is 45.9 Å². The third-order valence-electron chi connectivity index (χ3n) is 4.72. The van der Waals surface area contributed by atoms with Crippen LogP contribution in [-0.2, 0) is 9.53 Å². The number of hydrogen-bond acceptors (Lipinski definition) is 6. The van der Waals surface area contributed by atoms with E-state index in [9.17, 15) is 10.1 Å². The number of amides is 1. The fourth-order valence-corrected chi connectivity index (χ4v) is 3.41. The summed E-state index contributed by atoms with van der Waals surface area (Å²) in [5, 5.41) is 12.9. The molecule has 8 heteroatoms. The van der Waals surface area contributed by atoms with Crippen molar-refractivity contribution in [2.75, 3.05) is 50.2 Å². The van der Waals surface area contributed by atoms with Crippen LogP contribution in [0.25, 0.3) is 6.08 Å². The zero-order valence-corrected chi connectivity index (χ0v) is 18.2. The summed E-state index contributed by atoms with van der Waals surface area (Å²) in [6, 6.07) is 12.5. The van der Waals surface area contributed by atoms with E-state index in [-0.39, 0.29) is 5.57 Å². The van der Waals surface area contributed by atoms with Crippen LogP contribution in [0.5, 0.6) is 11.5 Å². The molecule has 1 fully saturated rings. The van der Waals surface area contributed by atoms with Crippen LogP contribution in [0.1, 0.15) is 12.5 Å². The van der Waals surface area contributed by atoms with Crippen molar-refractivity contribution in [2.24, 2.45) is 0 Å². The standard InChI is InChI=1S/C23H24ClN3O4/c1-3-31-21-7-4-16(13-22(21)29-2)12-17(15-25)23(28)26-19-14-18(24)5-6-20(19)27-8-10-30-11-9-27/h4-7,12-14H,3,8-11H2,1-2H3,(H,26,28)/b17-12+. The number of hydrogen-bond donors (Lipinski definition) is 1. The van der Waals surface area contributed by atoms with E-state index in [1.165, 1.54) is 13.2 Å². The number of nitrogens with zero attached hydrogens (tertiary/aromatic N) is 2. The van der Waals surface area contributed by atoms with Crippen molar-refractivity contribution in [2.45, 2.75) is 6.92 Å². The van der Waals surface area contributed by atoms with Crippen LogP contribution < -0.4 is 19.7 Å². The summed E-state index contributed by atoms with van der Waals surface area (Å²) < 4.78 is 16.2. The summed E-state index contributed by atoms with van der Waals surface area (Å²) in [5.41, 5.74) is 1.98. The van der Waals surface area contributed by atoms with Gasteiger partial charge in [-0.25, -0.2) is 0 Å². The maximum atomic E-state index is 12.9. The highest BCUT2D eigenvalue weighted by atomic mass is 35.5. The van der Waals surface area contributed by atoms with Crippen molar-refractivity contribution in [1.82, 2.24) is 0 Å². The first-order chi connectivity index (χ1) is 15.0. The van der Waals surface area contributed by atoms with Crippen LogP contribution >= 0.6 is 11.6 Å². The van der Waals surface area contributed by atoms with Gasteiger partial charge in [0.25, 0.3) is 5.91 Å². The highest BCUT2D eigenvalue weighted by Gasteiger charge is 2.18. The molecule has 0 atom stereocenters. The lowest BCUT2D eigenvalue weighted by Crippen LogP contribution is -2.36. The van der Waals surface area contributed by atoms with Gasteiger partial charge in [-0.1, -0.05) is 17.7 Å². The molecule has 1 saturated heterocycles. The topological polar surface area (TPSA) is 83.8 Å². The molecule has 0 aromatic heterocycles. The lowest BCUT2D eigenvalue weighted by molar-refractivity contribution is -0.112. The number of carbonyl (C=O) groups is 1. The number of rotatable bonds is 7. The predicted molar refractivity (Wildman–Crippen MR) is 121 cm³/mol. The van der Waals surface area contributed by atoms with E-state index in [2.05, 4.69) is 10.2 Å². The number of nitrogens with one attached hydrogen (secondary N) is 1. The number of anilines is 2. The van der Waals surface area contributed by atoms with Gasteiger partial charge in [0, 0.05) is 18.1 Å². The molecule has 162 valence electrons. The van der Waals surface area contributed by atoms with Crippen molar-refractivity contribution in [3.05, 3.63) is 52.6 Å². The number of halogens is 1. The van der Waals surface area contributed by atoms with Gasteiger partial charge in [0.2, 0.25) is 0 Å². The number of ether oxygens (including phenoxy) is 3. The maximum absolute atomic E-state index is 12.9. The Bertz CT molecular complexity index is 1010. The largest absolute Gasteiger partial charge is 0.493 e. The van der Waals surface area contributed by atoms with Crippen molar-refractivity contribution in [1.29, 1.82) is 5.26 Å². The van der Waals surface area contributed by atoms with Crippen LogP contribution in [0.4, 0.5) is 11.4 Å². The van der Waals surface area contributed by atoms with Gasteiger partial charge >= 0.3 is 0 Å². The zero-order valence-electron chi connectivity index (χ0n) is 17.5. The molecule has 1 amide bonds. The zero-order chi connectivity index (χ0) is 22.2. The smallest absolute Gasteiger partial charge is 0.266 e. The number of carbonyl (C=O) groups excluding carboxylic acids is 1. The molecule has 3 rings (SSSR count). The third kappa shape index (κ3) is 5.69.